The highest BCUT2D eigenvalue weighted by atomic mass is 19.1. The first-order valence-corrected chi connectivity index (χ1v) is 5.67. The fourth-order valence-corrected chi connectivity index (χ4v) is 1.78. The number of aliphatic hydroxyl groups is 1. The van der Waals surface area contributed by atoms with Crippen LogP contribution in [0.5, 0.6) is 5.75 Å². The van der Waals surface area contributed by atoms with Crippen LogP contribution in [0.15, 0.2) is 18.2 Å². The molecular formula is C13H20FNO2. The van der Waals surface area contributed by atoms with Crippen molar-refractivity contribution >= 4 is 0 Å². The summed E-state index contributed by atoms with van der Waals surface area (Å²) < 4.78 is 18.5. The molecule has 0 aliphatic heterocycles. The molecule has 1 aromatic rings. The predicted octanol–water partition coefficient (Wildman–Crippen LogP) is 1.69. The smallest absolute Gasteiger partial charge is 0.123 e. The van der Waals surface area contributed by atoms with Gasteiger partial charge in [-0.05, 0) is 18.2 Å². The summed E-state index contributed by atoms with van der Waals surface area (Å²) in [5, 5.41) is 11.8. The number of hydrogen-bond acceptors (Lipinski definition) is 3. The van der Waals surface area contributed by atoms with Gasteiger partial charge in [-0.15, -0.1) is 0 Å². The summed E-state index contributed by atoms with van der Waals surface area (Å²) in [7, 11) is 1.58. The van der Waals surface area contributed by atoms with E-state index in [0.717, 1.165) is 5.56 Å². The highest BCUT2D eigenvalue weighted by Gasteiger charge is 2.24. The molecule has 0 unspecified atom stereocenters. The van der Waals surface area contributed by atoms with Gasteiger partial charge in [0, 0.05) is 24.1 Å². The van der Waals surface area contributed by atoms with Crippen LogP contribution in [0.25, 0.3) is 0 Å². The molecule has 0 heterocycles. The van der Waals surface area contributed by atoms with Crippen LogP contribution < -0.4 is 10.1 Å². The fraction of sp³-hybridized carbons (Fsp3) is 0.538. The lowest BCUT2D eigenvalue weighted by Crippen LogP contribution is -2.34. The van der Waals surface area contributed by atoms with Gasteiger partial charge in [-0.2, -0.15) is 0 Å². The van der Waals surface area contributed by atoms with Gasteiger partial charge in [0.25, 0.3) is 0 Å². The Balaban J connectivity index is 2.91. The molecule has 0 aliphatic carbocycles. The zero-order valence-electron chi connectivity index (χ0n) is 10.6. The van der Waals surface area contributed by atoms with E-state index in [1.54, 1.807) is 13.2 Å². The molecule has 0 bridgehead atoms. The number of rotatable bonds is 6. The Bertz CT molecular complexity index is 366. The topological polar surface area (TPSA) is 41.5 Å². The maximum Gasteiger partial charge on any atom is 0.123 e. The van der Waals surface area contributed by atoms with E-state index < -0.39 is 0 Å². The van der Waals surface area contributed by atoms with Crippen molar-refractivity contribution in [1.82, 2.24) is 5.32 Å². The first-order valence-electron chi connectivity index (χ1n) is 5.67. The van der Waals surface area contributed by atoms with Crippen LogP contribution in [0.1, 0.15) is 19.4 Å². The summed E-state index contributed by atoms with van der Waals surface area (Å²) in [4.78, 5) is 0. The van der Waals surface area contributed by atoms with Crippen LogP contribution >= 0.6 is 0 Å². The summed E-state index contributed by atoms with van der Waals surface area (Å²) in [6.07, 6.45) is 0. The number of nitrogens with one attached hydrogen (secondary N) is 1. The van der Waals surface area contributed by atoms with E-state index in [1.807, 2.05) is 13.8 Å². The van der Waals surface area contributed by atoms with Gasteiger partial charge >= 0.3 is 0 Å². The van der Waals surface area contributed by atoms with Gasteiger partial charge in [0.1, 0.15) is 11.6 Å². The summed E-state index contributed by atoms with van der Waals surface area (Å²) in [5.41, 5.74) is 0.563. The summed E-state index contributed by atoms with van der Waals surface area (Å²) in [6, 6.07) is 4.53. The number of methoxy groups -OCH3 is 1. The van der Waals surface area contributed by atoms with Crippen LogP contribution in [0.2, 0.25) is 0 Å². The average molecular weight is 241 g/mol. The normalized spacial score (nSPS) is 11.6. The minimum Gasteiger partial charge on any atom is -0.496 e. The molecule has 3 nitrogen and oxygen atoms in total. The van der Waals surface area contributed by atoms with Gasteiger partial charge in [-0.3, -0.25) is 0 Å². The van der Waals surface area contributed by atoms with E-state index in [0.29, 0.717) is 18.8 Å². The van der Waals surface area contributed by atoms with E-state index in [1.165, 1.54) is 12.1 Å². The van der Waals surface area contributed by atoms with Gasteiger partial charge in [-0.25, -0.2) is 4.39 Å². The van der Waals surface area contributed by atoms with E-state index in [-0.39, 0.29) is 17.8 Å². The predicted molar refractivity (Wildman–Crippen MR) is 65.9 cm³/mol. The van der Waals surface area contributed by atoms with Crippen molar-refractivity contribution < 1.29 is 14.2 Å². The zero-order valence-corrected chi connectivity index (χ0v) is 10.6. The third-order valence-corrected chi connectivity index (χ3v) is 2.75. The van der Waals surface area contributed by atoms with Crippen LogP contribution in [0, 0.1) is 5.82 Å². The minimum absolute atomic E-state index is 0.0936. The lowest BCUT2D eigenvalue weighted by Gasteiger charge is -2.27. The van der Waals surface area contributed by atoms with Crippen LogP contribution in [0.4, 0.5) is 4.39 Å². The second-order valence-corrected chi connectivity index (χ2v) is 4.63. The minimum atomic E-state index is -0.268. The molecule has 17 heavy (non-hydrogen) atoms. The lowest BCUT2D eigenvalue weighted by atomic mass is 9.84. The van der Waals surface area contributed by atoms with Gasteiger partial charge in [-0.1, -0.05) is 13.8 Å². The third-order valence-electron chi connectivity index (χ3n) is 2.75. The number of aliphatic hydroxyl groups excluding tert-OH is 1. The molecule has 1 rings (SSSR count). The molecule has 0 radical (unpaired) electrons. The van der Waals surface area contributed by atoms with Crippen molar-refractivity contribution in [3.63, 3.8) is 0 Å². The van der Waals surface area contributed by atoms with Crippen molar-refractivity contribution in [3.8, 4) is 5.75 Å². The molecule has 0 aromatic heterocycles. The van der Waals surface area contributed by atoms with E-state index in [9.17, 15) is 4.39 Å². The Morgan fingerprint density at radius 2 is 2.12 bits per heavy atom. The summed E-state index contributed by atoms with van der Waals surface area (Å²) >= 11 is 0. The molecule has 0 saturated carbocycles. The molecule has 0 saturated heterocycles. The quantitative estimate of drug-likeness (QED) is 0.745. The van der Waals surface area contributed by atoms with Gasteiger partial charge in [0.05, 0.1) is 13.7 Å². The third kappa shape index (κ3) is 3.68. The first-order chi connectivity index (χ1) is 8.01. The van der Waals surface area contributed by atoms with Gasteiger partial charge < -0.3 is 15.2 Å². The molecule has 2 N–H and O–H groups in total. The van der Waals surface area contributed by atoms with Gasteiger partial charge in [0.15, 0.2) is 0 Å². The van der Waals surface area contributed by atoms with Crippen molar-refractivity contribution in [2.24, 2.45) is 0 Å². The standard InChI is InChI=1S/C13H20FNO2/c1-13(2,9-15-6-7-16)11-8-10(14)4-5-12(11)17-3/h4-5,8,15-16H,6-7,9H2,1-3H3. The van der Waals surface area contributed by atoms with Crippen molar-refractivity contribution in [2.45, 2.75) is 19.3 Å². The number of ether oxygens (including phenoxy) is 1. The zero-order chi connectivity index (χ0) is 12.9. The second-order valence-electron chi connectivity index (χ2n) is 4.63. The highest BCUT2D eigenvalue weighted by Crippen LogP contribution is 2.31. The summed E-state index contributed by atoms with van der Waals surface area (Å²) in [6.45, 7) is 5.29. The molecule has 96 valence electrons. The Kier molecular flexibility index (Phi) is 4.90. The lowest BCUT2D eigenvalue weighted by molar-refractivity contribution is 0.285. The van der Waals surface area contributed by atoms with E-state index in [2.05, 4.69) is 5.32 Å². The molecule has 0 fully saturated rings. The molecule has 0 spiro atoms. The Hall–Kier alpha value is -1.13. The monoisotopic (exact) mass is 241 g/mol. The van der Waals surface area contributed by atoms with Crippen LogP contribution in [-0.4, -0.2) is 31.9 Å². The van der Waals surface area contributed by atoms with Crippen LogP contribution in [0.3, 0.4) is 0 Å². The average Bonchev–Trinajstić information content (AvgIpc) is 2.29. The fourth-order valence-electron chi connectivity index (χ4n) is 1.78. The molecule has 1 aromatic carbocycles. The van der Waals surface area contributed by atoms with Crippen molar-refractivity contribution in [1.29, 1.82) is 0 Å². The SMILES string of the molecule is COc1ccc(F)cc1C(C)(C)CNCCO. The maximum absolute atomic E-state index is 13.3. The number of hydrogen-bond donors (Lipinski definition) is 2. The molecule has 0 aliphatic rings. The largest absolute Gasteiger partial charge is 0.496 e. The van der Waals surface area contributed by atoms with Crippen molar-refractivity contribution in [2.75, 3.05) is 26.8 Å². The first kappa shape index (κ1) is 13.9. The molecule has 4 heteroatoms. The number of halogens is 1. The molecule has 0 amide bonds. The van der Waals surface area contributed by atoms with E-state index >= 15 is 0 Å². The summed E-state index contributed by atoms with van der Waals surface area (Å²) in [5.74, 6) is 0.415. The highest BCUT2D eigenvalue weighted by molar-refractivity contribution is 5.39. The van der Waals surface area contributed by atoms with Crippen LogP contribution in [-0.2, 0) is 5.41 Å². The Morgan fingerprint density at radius 3 is 2.71 bits per heavy atom. The molecule has 0 atom stereocenters. The Morgan fingerprint density at radius 1 is 1.41 bits per heavy atom. The van der Waals surface area contributed by atoms with Crippen molar-refractivity contribution in [3.05, 3.63) is 29.6 Å². The second kappa shape index (κ2) is 5.98. The molecular weight excluding hydrogens is 221 g/mol. The van der Waals surface area contributed by atoms with Gasteiger partial charge in [0.2, 0.25) is 0 Å². The van der Waals surface area contributed by atoms with E-state index in [4.69, 9.17) is 9.84 Å². The maximum atomic E-state index is 13.3. The Labute approximate surface area is 102 Å². The number of benzene rings is 1.